The fourth-order valence-corrected chi connectivity index (χ4v) is 3.87. The van der Waals surface area contributed by atoms with Crippen LogP contribution in [0, 0.1) is 6.92 Å². The molecule has 2 atom stereocenters. The van der Waals surface area contributed by atoms with Gasteiger partial charge in [-0.05, 0) is 43.5 Å². The van der Waals surface area contributed by atoms with Crippen molar-refractivity contribution >= 4 is 11.7 Å². The molecule has 2 aliphatic rings. The van der Waals surface area contributed by atoms with Crippen molar-refractivity contribution in [3.8, 4) is 5.75 Å². The SMILES string of the molecule is COc1ccc(NC(=O)N2CCN([C@@H]3CCCC[C@H]3O)CC2)c(C)c1. The van der Waals surface area contributed by atoms with Crippen LogP contribution in [0.15, 0.2) is 18.2 Å². The van der Waals surface area contributed by atoms with E-state index in [1.165, 1.54) is 6.42 Å². The van der Waals surface area contributed by atoms with Crippen LogP contribution in [0.4, 0.5) is 10.5 Å². The van der Waals surface area contributed by atoms with E-state index in [4.69, 9.17) is 4.74 Å². The monoisotopic (exact) mass is 347 g/mol. The zero-order chi connectivity index (χ0) is 17.8. The van der Waals surface area contributed by atoms with Crippen LogP contribution in [0.3, 0.4) is 0 Å². The number of nitrogens with one attached hydrogen (secondary N) is 1. The predicted octanol–water partition coefficient (Wildman–Crippen LogP) is 2.46. The topological polar surface area (TPSA) is 65.0 Å². The summed E-state index contributed by atoms with van der Waals surface area (Å²) in [6, 6.07) is 5.85. The summed E-state index contributed by atoms with van der Waals surface area (Å²) in [6.45, 7) is 5.02. The van der Waals surface area contributed by atoms with E-state index < -0.39 is 0 Å². The Bertz CT molecular complexity index is 600. The number of rotatable bonds is 3. The lowest BCUT2D eigenvalue weighted by atomic mass is 9.91. The number of amides is 2. The van der Waals surface area contributed by atoms with Gasteiger partial charge in [0.25, 0.3) is 0 Å². The van der Waals surface area contributed by atoms with Crippen LogP contribution in [0.5, 0.6) is 5.75 Å². The molecule has 3 rings (SSSR count). The minimum atomic E-state index is -0.212. The van der Waals surface area contributed by atoms with Gasteiger partial charge in [-0.25, -0.2) is 4.79 Å². The third-order valence-electron chi connectivity index (χ3n) is 5.44. The second-order valence-corrected chi connectivity index (χ2v) is 7.05. The molecule has 1 saturated carbocycles. The average Bonchev–Trinajstić information content (AvgIpc) is 2.64. The second-order valence-electron chi connectivity index (χ2n) is 7.05. The highest BCUT2D eigenvalue weighted by Gasteiger charge is 2.31. The molecule has 6 nitrogen and oxygen atoms in total. The maximum absolute atomic E-state index is 12.5. The molecule has 2 fully saturated rings. The molecule has 0 radical (unpaired) electrons. The normalized spacial score (nSPS) is 24.8. The number of urea groups is 1. The van der Waals surface area contributed by atoms with Gasteiger partial charge in [-0.1, -0.05) is 12.8 Å². The average molecular weight is 347 g/mol. The van der Waals surface area contributed by atoms with Crippen molar-refractivity contribution in [1.82, 2.24) is 9.80 Å². The van der Waals surface area contributed by atoms with E-state index in [0.29, 0.717) is 13.1 Å². The van der Waals surface area contributed by atoms with Gasteiger partial charge in [0, 0.05) is 37.9 Å². The maximum atomic E-state index is 12.5. The number of hydrogen-bond acceptors (Lipinski definition) is 4. The highest BCUT2D eigenvalue weighted by molar-refractivity contribution is 5.90. The fraction of sp³-hybridized carbons (Fsp3) is 0.632. The van der Waals surface area contributed by atoms with Crippen LogP contribution >= 0.6 is 0 Å². The lowest BCUT2D eigenvalue weighted by Crippen LogP contribution is -2.56. The first-order chi connectivity index (χ1) is 12.1. The maximum Gasteiger partial charge on any atom is 0.321 e. The standard InChI is InChI=1S/C19H29N3O3/c1-14-13-15(25-2)7-8-16(14)20-19(24)22-11-9-21(10-12-22)17-5-3-4-6-18(17)23/h7-8,13,17-18,23H,3-6,9-12H2,1-2H3,(H,20,24)/t17-,18-/m1/s1. The number of aryl methyl sites for hydroxylation is 1. The van der Waals surface area contributed by atoms with Crippen molar-refractivity contribution in [2.75, 3.05) is 38.6 Å². The van der Waals surface area contributed by atoms with Crippen molar-refractivity contribution < 1.29 is 14.6 Å². The van der Waals surface area contributed by atoms with Gasteiger partial charge in [-0.2, -0.15) is 0 Å². The predicted molar refractivity (Wildman–Crippen MR) is 98.2 cm³/mol. The third-order valence-corrected chi connectivity index (χ3v) is 5.44. The zero-order valence-corrected chi connectivity index (χ0v) is 15.2. The first-order valence-corrected chi connectivity index (χ1v) is 9.21. The summed E-state index contributed by atoms with van der Waals surface area (Å²) in [5, 5.41) is 13.2. The van der Waals surface area contributed by atoms with Crippen molar-refractivity contribution in [2.45, 2.75) is 44.8 Å². The molecule has 2 amide bonds. The highest BCUT2D eigenvalue weighted by Crippen LogP contribution is 2.25. The first kappa shape index (κ1) is 18.0. The molecule has 1 aromatic rings. The zero-order valence-electron chi connectivity index (χ0n) is 15.2. The van der Waals surface area contributed by atoms with E-state index in [9.17, 15) is 9.90 Å². The Labute approximate surface area is 149 Å². The minimum absolute atomic E-state index is 0.0582. The molecule has 138 valence electrons. The Morgan fingerprint density at radius 3 is 2.56 bits per heavy atom. The fourth-order valence-electron chi connectivity index (χ4n) is 3.87. The number of carbonyl (C=O) groups excluding carboxylic acids is 1. The summed E-state index contributed by atoms with van der Waals surface area (Å²) >= 11 is 0. The number of anilines is 1. The van der Waals surface area contributed by atoms with Crippen molar-refractivity contribution in [2.24, 2.45) is 0 Å². The van der Waals surface area contributed by atoms with E-state index in [-0.39, 0.29) is 18.2 Å². The Hall–Kier alpha value is -1.79. The first-order valence-electron chi connectivity index (χ1n) is 9.21. The molecule has 6 heteroatoms. The summed E-state index contributed by atoms with van der Waals surface area (Å²) in [4.78, 5) is 16.7. The number of piperazine rings is 1. The highest BCUT2D eigenvalue weighted by atomic mass is 16.5. The largest absolute Gasteiger partial charge is 0.497 e. The van der Waals surface area contributed by atoms with E-state index in [1.54, 1.807) is 7.11 Å². The van der Waals surface area contributed by atoms with Crippen LogP contribution in [0.1, 0.15) is 31.2 Å². The van der Waals surface area contributed by atoms with Crippen LogP contribution in [-0.2, 0) is 0 Å². The van der Waals surface area contributed by atoms with Gasteiger partial charge < -0.3 is 20.1 Å². The van der Waals surface area contributed by atoms with Crippen LogP contribution < -0.4 is 10.1 Å². The van der Waals surface area contributed by atoms with Crippen molar-refractivity contribution in [3.05, 3.63) is 23.8 Å². The smallest absolute Gasteiger partial charge is 0.321 e. The lowest BCUT2D eigenvalue weighted by molar-refractivity contribution is 0.00275. The number of aliphatic hydroxyl groups is 1. The Morgan fingerprint density at radius 1 is 1.20 bits per heavy atom. The minimum Gasteiger partial charge on any atom is -0.497 e. The number of aliphatic hydroxyl groups excluding tert-OH is 1. The van der Waals surface area contributed by atoms with E-state index in [1.807, 2.05) is 30.0 Å². The number of benzene rings is 1. The molecule has 25 heavy (non-hydrogen) atoms. The second kappa shape index (κ2) is 8.06. The quantitative estimate of drug-likeness (QED) is 0.882. The summed E-state index contributed by atoms with van der Waals surface area (Å²) in [7, 11) is 1.63. The molecule has 1 heterocycles. The van der Waals surface area contributed by atoms with E-state index in [2.05, 4.69) is 10.2 Å². The van der Waals surface area contributed by atoms with Gasteiger partial charge in [-0.3, -0.25) is 4.90 Å². The summed E-state index contributed by atoms with van der Waals surface area (Å²) in [5.74, 6) is 0.787. The van der Waals surface area contributed by atoms with Gasteiger partial charge in [0.05, 0.1) is 13.2 Å². The third kappa shape index (κ3) is 4.25. The number of carbonyl (C=O) groups is 1. The molecule has 1 aliphatic carbocycles. The molecule has 1 saturated heterocycles. The van der Waals surface area contributed by atoms with Crippen LogP contribution in [0.2, 0.25) is 0 Å². The van der Waals surface area contributed by atoms with Gasteiger partial charge in [0.15, 0.2) is 0 Å². The molecular weight excluding hydrogens is 318 g/mol. The van der Waals surface area contributed by atoms with Crippen molar-refractivity contribution in [1.29, 1.82) is 0 Å². The number of ether oxygens (including phenoxy) is 1. The molecule has 2 N–H and O–H groups in total. The van der Waals surface area contributed by atoms with Gasteiger partial charge in [0.1, 0.15) is 5.75 Å². The molecule has 1 aliphatic heterocycles. The van der Waals surface area contributed by atoms with Crippen LogP contribution in [-0.4, -0.2) is 66.4 Å². The molecule has 1 aromatic carbocycles. The summed E-state index contributed by atoms with van der Waals surface area (Å²) in [5.41, 5.74) is 1.80. The van der Waals surface area contributed by atoms with E-state index in [0.717, 1.165) is 49.4 Å². The molecular formula is C19H29N3O3. The van der Waals surface area contributed by atoms with Gasteiger partial charge in [0.2, 0.25) is 0 Å². The Kier molecular flexibility index (Phi) is 5.81. The number of methoxy groups -OCH3 is 1. The van der Waals surface area contributed by atoms with Gasteiger partial charge in [-0.15, -0.1) is 0 Å². The van der Waals surface area contributed by atoms with Crippen LogP contribution in [0.25, 0.3) is 0 Å². The number of hydrogen-bond donors (Lipinski definition) is 2. The molecule has 0 aromatic heterocycles. The van der Waals surface area contributed by atoms with E-state index >= 15 is 0 Å². The van der Waals surface area contributed by atoms with Gasteiger partial charge >= 0.3 is 6.03 Å². The summed E-state index contributed by atoms with van der Waals surface area (Å²) in [6.07, 6.45) is 4.08. The Balaban J connectivity index is 1.53. The Morgan fingerprint density at radius 2 is 1.92 bits per heavy atom. The molecule has 0 unspecified atom stereocenters. The molecule has 0 bridgehead atoms. The summed E-state index contributed by atoms with van der Waals surface area (Å²) < 4.78 is 5.20. The lowest BCUT2D eigenvalue weighted by Gasteiger charge is -2.42. The van der Waals surface area contributed by atoms with Crippen molar-refractivity contribution in [3.63, 3.8) is 0 Å². The number of nitrogens with zero attached hydrogens (tertiary/aromatic N) is 2. The molecule has 0 spiro atoms.